The Hall–Kier alpha value is -1.28. The minimum absolute atomic E-state index is 0.105. The Bertz CT molecular complexity index is 604. The predicted octanol–water partition coefficient (Wildman–Crippen LogP) is 3.89. The number of hydrogen-bond donors (Lipinski definition) is 0. The first-order valence-electron chi connectivity index (χ1n) is 6.60. The Balaban J connectivity index is 2.20. The third-order valence-electron chi connectivity index (χ3n) is 4.58. The zero-order valence-corrected chi connectivity index (χ0v) is 12.3. The summed E-state index contributed by atoms with van der Waals surface area (Å²) in [6.45, 7) is 8.11. The third-order valence-corrected chi connectivity index (χ3v) is 5.20. The SMILES string of the molecule is CC1=C2[C@@H](C)C(Cl)=C(C)[C@@H]2[C@H]2OC(=O)C(C)=C2C=C1. The van der Waals surface area contributed by atoms with Crippen molar-refractivity contribution in [2.75, 3.05) is 0 Å². The first kappa shape index (κ1) is 12.7. The Morgan fingerprint density at radius 1 is 1.21 bits per heavy atom. The van der Waals surface area contributed by atoms with Crippen molar-refractivity contribution in [2.24, 2.45) is 11.8 Å². The number of rotatable bonds is 0. The average molecular weight is 277 g/mol. The molecular weight excluding hydrogens is 260 g/mol. The summed E-state index contributed by atoms with van der Waals surface area (Å²) in [5.74, 6) is 0.121. The van der Waals surface area contributed by atoms with Crippen LogP contribution in [0, 0.1) is 11.8 Å². The van der Waals surface area contributed by atoms with E-state index in [0.29, 0.717) is 0 Å². The van der Waals surface area contributed by atoms with Gasteiger partial charge >= 0.3 is 5.97 Å². The quantitative estimate of drug-likeness (QED) is 0.628. The Morgan fingerprint density at radius 2 is 1.89 bits per heavy atom. The summed E-state index contributed by atoms with van der Waals surface area (Å²) >= 11 is 6.43. The lowest BCUT2D eigenvalue weighted by Gasteiger charge is -2.23. The summed E-state index contributed by atoms with van der Waals surface area (Å²) in [6.07, 6.45) is 3.91. The third kappa shape index (κ3) is 1.59. The van der Waals surface area contributed by atoms with Gasteiger partial charge in [0.2, 0.25) is 0 Å². The van der Waals surface area contributed by atoms with Gasteiger partial charge in [0, 0.05) is 28.0 Å². The molecule has 100 valence electrons. The number of carbonyl (C=O) groups is 1. The van der Waals surface area contributed by atoms with E-state index in [1.54, 1.807) is 0 Å². The van der Waals surface area contributed by atoms with Crippen LogP contribution in [-0.2, 0) is 9.53 Å². The standard InChI is InChI=1S/C16H17ClO2/c1-7-5-6-11-8(2)16(18)19-15(11)13-10(4)14(17)9(3)12(7)13/h5-6,9,13,15H,1-4H3/t9-,13+,15+/m1/s1. The Labute approximate surface area is 118 Å². The van der Waals surface area contributed by atoms with Crippen LogP contribution in [0.25, 0.3) is 0 Å². The van der Waals surface area contributed by atoms with E-state index in [1.807, 2.05) is 19.9 Å². The van der Waals surface area contributed by atoms with Crippen molar-refractivity contribution in [1.29, 1.82) is 0 Å². The number of hydrogen-bond acceptors (Lipinski definition) is 2. The molecule has 0 spiro atoms. The van der Waals surface area contributed by atoms with Crippen LogP contribution < -0.4 is 0 Å². The Kier molecular flexibility index (Phi) is 2.75. The molecule has 0 saturated carbocycles. The summed E-state index contributed by atoms with van der Waals surface area (Å²) in [5, 5.41) is 0.898. The van der Waals surface area contributed by atoms with Crippen LogP contribution in [0.15, 0.2) is 45.0 Å². The average Bonchev–Trinajstić information content (AvgIpc) is 2.70. The fourth-order valence-corrected chi connectivity index (χ4v) is 3.72. The minimum Gasteiger partial charge on any atom is -0.453 e. The first-order chi connectivity index (χ1) is 8.93. The molecule has 0 aromatic heterocycles. The molecule has 0 saturated heterocycles. The summed E-state index contributed by atoms with van der Waals surface area (Å²) in [6, 6.07) is 0. The lowest BCUT2D eigenvalue weighted by atomic mass is 9.85. The van der Waals surface area contributed by atoms with E-state index in [2.05, 4.69) is 19.9 Å². The van der Waals surface area contributed by atoms with Gasteiger partial charge in [-0.1, -0.05) is 36.2 Å². The zero-order chi connectivity index (χ0) is 13.9. The van der Waals surface area contributed by atoms with Crippen LogP contribution in [0.4, 0.5) is 0 Å². The molecule has 0 aromatic rings. The second-order valence-electron chi connectivity index (χ2n) is 5.61. The topological polar surface area (TPSA) is 26.3 Å². The van der Waals surface area contributed by atoms with E-state index in [0.717, 1.165) is 21.8 Å². The van der Waals surface area contributed by atoms with E-state index in [9.17, 15) is 4.79 Å². The van der Waals surface area contributed by atoms with Gasteiger partial charge in [-0.15, -0.1) is 0 Å². The van der Waals surface area contributed by atoms with Crippen LogP contribution in [0.2, 0.25) is 0 Å². The summed E-state index contributed by atoms with van der Waals surface area (Å²) in [4.78, 5) is 11.8. The van der Waals surface area contributed by atoms with Crippen LogP contribution in [0.1, 0.15) is 27.7 Å². The van der Waals surface area contributed by atoms with Gasteiger partial charge in [-0.2, -0.15) is 0 Å². The predicted molar refractivity (Wildman–Crippen MR) is 75.6 cm³/mol. The molecule has 0 amide bonds. The van der Waals surface area contributed by atoms with E-state index in [4.69, 9.17) is 16.3 Å². The molecule has 19 heavy (non-hydrogen) atoms. The highest BCUT2D eigenvalue weighted by Gasteiger charge is 2.45. The highest BCUT2D eigenvalue weighted by Crippen LogP contribution is 2.50. The second-order valence-corrected chi connectivity index (χ2v) is 6.02. The van der Waals surface area contributed by atoms with Crippen LogP contribution >= 0.6 is 11.6 Å². The molecule has 0 unspecified atom stereocenters. The molecule has 3 aliphatic rings. The van der Waals surface area contributed by atoms with Crippen LogP contribution in [-0.4, -0.2) is 12.1 Å². The van der Waals surface area contributed by atoms with Gasteiger partial charge in [-0.25, -0.2) is 4.79 Å². The van der Waals surface area contributed by atoms with E-state index >= 15 is 0 Å². The monoisotopic (exact) mass is 276 g/mol. The van der Waals surface area contributed by atoms with Crippen molar-refractivity contribution < 1.29 is 9.53 Å². The molecule has 1 heterocycles. The van der Waals surface area contributed by atoms with Crippen molar-refractivity contribution in [3.05, 3.63) is 45.0 Å². The lowest BCUT2D eigenvalue weighted by Crippen LogP contribution is -2.24. The van der Waals surface area contributed by atoms with Crippen molar-refractivity contribution in [3.63, 3.8) is 0 Å². The van der Waals surface area contributed by atoms with Gasteiger partial charge in [0.05, 0.1) is 0 Å². The van der Waals surface area contributed by atoms with Crippen LogP contribution in [0.5, 0.6) is 0 Å². The van der Waals surface area contributed by atoms with E-state index in [-0.39, 0.29) is 23.9 Å². The number of fused-ring (bicyclic) bond motifs is 3. The van der Waals surface area contributed by atoms with Gasteiger partial charge < -0.3 is 4.74 Å². The lowest BCUT2D eigenvalue weighted by molar-refractivity contribution is -0.140. The molecule has 3 heteroatoms. The highest BCUT2D eigenvalue weighted by molar-refractivity contribution is 6.30. The molecule has 0 aromatic carbocycles. The number of ether oxygens (including phenoxy) is 1. The largest absolute Gasteiger partial charge is 0.453 e. The summed E-state index contributed by atoms with van der Waals surface area (Å²) in [5.41, 5.74) is 5.39. The summed E-state index contributed by atoms with van der Waals surface area (Å²) < 4.78 is 5.60. The van der Waals surface area contributed by atoms with Crippen molar-refractivity contribution in [1.82, 2.24) is 0 Å². The first-order valence-corrected chi connectivity index (χ1v) is 6.98. The molecule has 1 aliphatic heterocycles. The number of carbonyl (C=O) groups excluding carboxylic acids is 1. The second kappa shape index (κ2) is 4.11. The molecule has 3 rings (SSSR count). The molecule has 0 radical (unpaired) electrons. The molecule has 0 bridgehead atoms. The van der Waals surface area contributed by atoms with Gasteiger partial charge in [-0.05, 0) is 31.9 Å². The minimum atomic E-state index is -0.202. The maximum atomic E-state index is 11.8. The summed E-state index contributed by atoms with van der Waals surface area (Å²) in [7, 11) is 0. The highest BCUT2D eigenvalue weighted by atomic mass is 35.5. The smallest absolute Gasteiger partial charge is 0.334 e. The normalized spacial score (nSPS) is 33.7. The van der Waals surface area contributed by atoms with E-state index < -0.39 is 0 Å². The fourth-order valence-electron chi connectivity index (χ4n) is 3.48. The van der Waals surface area contributed by atoms with Crippen LogP contribution in [0.3, 0.4) is 0 Å². The zero-order valence-electron chi connectivity index (χ0n) is 11.6. The maximum Gasteiger partial charge on any atom is 0.334 e. The van der Waals surface area contributed by atoms with Gasteiger partial charge in [-0.3, -0.25) is 0 Å². The van der Waals surface area contributed by atoms with Crippen molar-refractivity contribution in [2.45, 2.75) is 33.8 Å². The number of halogens is 1. The molecule has 0 N–H and O–H groups in total. The van der Waals surface area contributed by atoms with Gasteiger partial charge in [0.1, 0.15) is 6.10 Å². The Morgan fingerprint density at radius 3 is 2.58 bits per heavy atom. The van der Waals surface area contributed by atoms with Gasteiger partial charge in [0.25, 0.3) is 0 Å². The maximum absolute atomic E-state index is 11.8. The molecule has 3 atom stereocenters. The van der Waals surface area contributed by atoms with Crippen molar-refractivity contribution >= 4 is 17.6 Å². The van der Waals surface area contributed by atoms with Crippen molar-refractivity contribution in [3.8, 4) is 0 Å². The molecule has 0 fully saturated rings. The van der Waals surface area contributed by atoms with Gasteiger partial charge in [0.15, 0.2) is 0 Å². The molecular formula is C16H17ClO2. The molecule has 2 aliphatic carbocycles. The fraction of sp³-hybridized carbons (Fsp3) is 0.438. The number of esters is 1. The van der Waals surface area contributed by atoms with E-state index in [1.165, 1.54) is 11.1 Å². The number of allylic oxidation sites excluding steroid dienone is 3. The molecule has 2 nitrogen and oxygen atoms in total.